The molecule has 10 nitrogen and oxygen atoms in total. The van der Waals surface area contributed by atoms with Crippen molar-refractivity contribution in [2.24, 2.45) is 4.99 Å². The summed E-state index contributed by atoms with van der Waals surface area (Å²) in [5.41, 5.74) is -0.503. The second-order valence-electron chi connectivity index (χ2n) is 5.50. The van der Waals surface area contributed by atoms with Crippen molar-refractivity contribution < 1.29 is 14.9 Å². The quantitative estimate of drug-likeness (QED) is 0.533. The zero-order chi connectivity index (χ0) is 16.6. The number of imidazole rings is 1. The van der Waals surface area contributed by atoms with Gasteiger partial charge in [0.05, 0.1) is 19.0 Å². The van der Waals surface area contributed by atoms with Crippen molar-refractivity contribution in [3.8, 4) is 0 Å². The summed E-state index contributed by atoms with van der Waals surface area (Å²) in [6.07, 6.45) is 3.00. The van der Waals surface area contributed by atoms with Crippen molar-refractivity contribution in [2.75, 3.05) is 20.7 Å². The van der Waals surface area contributed by atoms with Crippen LogP contribution in [0.25, 0.3) is 5.78 Å². The average molecular weight is 322 g/mol. The Morgan fingerprint density at radius 1 is 1.48 bits per heavy atom. The van der Waals surface area contributed by atoms with Crippen molar-refractivity contribution in [3.63, 3.8) is 0 Å². The average Bonchev–Trinajstić information content (AvgIpc) is 3.08. The molecule has 0 aliphatic carbocycles. The molecule has 23 heavy (non-hydrogen) atoms. The molecule has 3 atom stereocenters. The van der Waals surface area contributed by atoms with Crippen molar-refractivity contribution in [3.05, 3.63) is 22.9 Å². The summed E-state index contributed by atoms with van der Waals surface area (Å²) in [5, 5.41) is 19.0. The number of ether oxygens (including phenoxy) is 1. The van der Waals surface area contributed by atoms with Gasteiger partial charge in [-0.15, -0.1) is 0 Å². The van der Waals surface area contributed by atoms with Crippen LogP contribution in [0.1, 0.15) is 12.6 Å². The fraction of sp³-hybridized carbons (Fsp3) is 0.538. The van der Waals surface area contributed by atoms with Gasteiger partial charge in [0.15, 0.2) is 0 Å². The molecule has 0 bridgehead atoms. The Morgan fingerprint density at radius 2 is 2.26 bits per heavy atom. The second-order valence-corrected chi connectivity index (χ2v) is 5.50. The molecule has 10 heteroatoms. The first-order valence-corrected chi connectivity index (χ1v) is 7.12. The summed E-state index contributed by atoms with van der Waals surface area (Å²) >= 11 is 0. The first-order valence-electron chi connectivity index (χ1n) is 7.12. The summed E-state index contributed by atoms with van der Waals surface area (Å²) in [6, 6.07) is 0. The van der Waals surface area contributed by atoms with E-state index in [1.807, 2.05) is 0 Å². The Kier molecular flexibility index (Phi) is 4.11. The van der Waals surface area contributed by atoms with Gasteiger partial charge in [-0.1, -0.05) is 0 Å². The highest BCUT2D eigenvalue weighted by molar-refractivity contribution is 5.58. The third-order valence-corrected chi connectivity index (χ3v) is 3.52. The number of nitrogens with zero attached hydrogens (tertiary/aromatic N) is 6. The molecule has 3 rings (SSSR count). The molecule has 0 aromatic carbocycles. The second kappa shape index (κ2) is 6.07. The first-order chi connectivity index (χ1) is 11.0. The first kappa shape index (κ1) is 15.6. The number of aliphatic hydroxyl groups is 2. The van der Waals surface area contributed by atoms with Crippen LogP contribution in [0.4, 0.5) is 5.95 Å². The highest BCUT2D eigenvalue weighted by Crippen LogP contribution is 2.29. The van der Waals surface area contributed by atoms with Gasteiger partial charge in [0, 0.05) is 32.9 Å². The minimum atomic E-state index is -0.771. The molecule has 2 aromatic heterocycles. The Morgan fingerprint density at radius 3 is 2.91 bits per heavy atom. The lowest BCUT2D eigenvalue weighted by atomic mass is 10.2. The monoisotopic (exact) mass is 322 g/mol. The molecule has 124 valence electrons. The van der Waals surface area contributed by atoms with Crippen LogP contribution in [0, 0.1) is 0 Å². The molecule has 1 aliphatic heterocycles. The lowest BCUT2D eigenvalue weighted by molar-refractivity contribution is -0.0432. The van der Waals surface area contributed by atoms with Crippen LogP contribution in [0.3, 0.4) is 0 Å². The lowest BCUT2D eigenvalue weighted by Gasteiger charge is -2.13. The zero-order valence-corrected chi connectivity index (χ0v) is 12.8. The molecule has 2 N–H and O–H groups in total. The molecule has 0 spiro atoms. The molecule has 0 amide bonds. The van der Waals surface area contributed by atoms with Crippen LogP contribution in [0.15, 0.2) is 22.2 Å². The number of hydrogen-bond acceptors (Lipinski definition) is 7. The number of rotatable bonds is 4. The van der Waals surface area contributed by atoms with E-state index in [4.69, 9.17) is 4.74 Å². The minimum absolute atomic E-state index is 0.0425. The largest absolute Gasteiger partial charge is 0.394 e. The third-order valence-electron chi connectivity index (χ3n) is 3.52. The SMILES string of the molecule is CN(C)/C=N/c1nc(=O)n2ccn([C@H]3C[C@H](O)[C@@H](CO)O3)c2n1. The number of aromatic nitrogens is 4. The Labute approximate surface area is 131 Å². The summed E-state index contributed by atoms with van der Waals surface area (Å²) in [7, 11) is 3.58. The van der Waals surface area contributed by atoms with Gasteiger partial charge in [-0.25, -0.2) is 14.2 Å². The van der Waals surface area contributed by atoms with E-state index in [2.05, 4.69) is 15.0 Å². The van der Waals surface area contributed by atoms with Gasteiger partial charge in [0.2, 0.25) is 5.78 Å². The minimum Gasteiger partial charge on any atom is -0.394 e. The fourth-order valence-electron chi connectivity index (χ4n) is 2.41. The molecular weight excluding hydrogens is 304 g/mol. The molecule has 0 unspecified atom stereocenters. The van der Waals surface area contributed by atoms with E-state index in [1.54, 1.807) is 29.8 Å². The van der Waals surface area contributed by atoms with Gasteiger partial charge >= 0.3 is 5.69 Å². The third kappa shape index (κ3) is 2.96. The topological polar surface area (TPSA) is 117 Å². The van der Waals surface area contributed by atoms with Crippen LogP contribution in [-0.2, 0) is 4.74 Å². The Bertz CT molecular complexity index is 782. The number of hydrogen-bond donors (Lipinski definition) is 2. The highest BCUT2D eigenvalue weighted by Gasteiger charge is 2.35. The van der Waals surface area contributed by atoms with E-state index >= 15 is 0 Å². The van der Waals surface area contributed by atoms with E-state index in [0.717, 1.165) is 0 Å². The summed E-state index contributed by atoms with van der Waals surface area (Å²) < 4.78 is 8.49. The van der Waals surface area contributed by atoms with Gasteiger partial charge in [-0.05, 0) is 0 Å². The van der Waals surface area contributed by atoms with Gasteiger partial charge in [-0.2, -0.15) is 9.97 Å². The normalized spacial score (nSPS) is 24.8. The maximum Gasteiger partial charge on any atom is 0.357 e. The standard InChI is InChI=1S/C13H18N6O4/c1-17(2)7-14-11-15-12-18(3-4-19(12)13(22)16-11)10-5-8(21)9(6-20)23-10/h3-4,7-10,20-21H,5-6H2,1-2H3/b14-7+/t8-,9+,10+/m0/s1. The summed E-state index contributed by atoms with van der Waals surface area (Å²) in [4.78, 5) is 25.8. The van der Waals surface area contributed by atoms with Crippen molar-refractivity contribution in [1.29, 1.82) is 0 Å². The number of aliphatic imine (C=N–C) groups is 1. The van der Waals surface area contributed by atoms with Crippen molar-refractivity contribution in [1.82, 2.24) is 23.8 Å². The van der Waals surface area contributed by atoms with Gasteiger partial charge < -0.3 is 19.8 Å². The van der Waals surface area contributed by atoms with Crippen molar-refractivity contribution >= 4 is 18.1 Å². The molecule has 1 aliphatic rings. The predicted molar refractivity (Wildman–Crippen MR) is 80.7 cm³/mol. The van der Waals surface area contributed by atoms with Gasteiger partial charge in [0.1, 0.15) is 12.3 Å². The Balaban J connectivity index is 2.00. The molecule has 3 heterocycles. The maximum absolute atomic E-state index is 12.0. The number of aliphatic hydroxyl groups excluding tert-OH is 2. The molecular formula is C13H18N6O4. The van der Waals surface area contributed by atoms with Crippen LogP contribution in [0.2, 0.25) is 0 Å². The molecule has 1 fully saturated rings. The van der Waals surface area contributed by atoms with Crippen LogP contribution in [-0.4, -0.2) is 73.3 Å². The predicted octanol–water partition coefficient (Wildman–Crippen LogP) is -1.25. The van der Waals surface area contributed by atoms with Gasteiger partial charge in [0.25, 0.3) is 5.95 Å². The molecule has 0 radical (unpaired) electrons. The lowest BCUT2D eigenvalue weighted by Crippen LogP contribution is -2.24. The fourth-order valence-corrected chi connectivity index (χ4v) is 2.41. The highest BCUT2D eigenvalue weighted by atomic mass is 16.5. The summed E-state index contributed by atoms with van der Waals surface area (Å²) in [5.74, 6) is 0.354. The van der Waals surface area contributed by atoms with Crippen LogP contribution in [0.5, 0.6) is 0 Å². The smallest absolute Gasteiger partial charge is 0.357 e. The maximum atomic E-state index is 12.0. The van der Waals surface area contributed by atoms with Crippen molar-refractivity contribution in [2.45, 2.75) is 24.9 Å². The molecule has 0 saturated carbocycles. The van der Waals surface area contributed by atoms with E-state index < -0.39 is 24.1 Å². The van der Waals surface area contributed by atoms with Crippen LogP contribution >= 0.6 is 0 Å². The van der Waals surface area contributed by atoms with E-state index in [-0.39, 0.29) is 12.6 Å². The van der Waals surface area contributed by atoms with E-state index in [9.17, 15) is 15.0 Å². The molecule has 2 aromatic rings. The summed E-state index contributed by atoms with van der Waals surface area (Å²) in [6.45, 7) is -0.274. The van der Waals surface area contributed by atoms with E-state index in [1.165, 1.54) is 16.9 Å². The van der Waals surface area contributed by atoms with Crippen LogP contribution < -0.4 is 5.69 Å². The molecule has 1 saturated heterocycles. The van der Waals surface area contributed by atoms with Gasteiger partial charge in [-0.3, -0.25) is 4.57 Å². The number of fused-ring (bicyclic) bond motifs is 1. The zero-order valence-electron chi connectivity index (χ0n) is 12.8. The van der Waals surface area contributed by atoms with E-state index in [0.29, 0.717) is 12.2 Å². The Hall–Kier alpha value is -2.30.